The summed E-state index contributed by atoms with van der Waals surface area (Å²) in [7, 11) is -2.69. The minimum absolute atomic E-state index is 0.00901. The van der Waals surface area contributed by atoms with Crippen LogP contribution in [0, 0.1) is 5.82 Å². The van der Waals surface area contributed by atoms with Crippen LogP contribution in [0.15, 0.2) is 36.8 Å². The molecule has 1 N–H and O–H groups in total. The summed E-state index contributed by atoms with van der Waals surface area (Å²) in [6.45, 7) is 0.194. The second-order valence-corrected chi connectivity index (χ2v) is 6.85. The molecular formula is C17H14ClFN4O3S. The molecule has 140 valence electrons. The number of carbonyl (C=O) groups is 1. The number of nitrogens with zero attached hydrogens (tertiary/aromatic N) is 3. The van der Waals surface area contributed by atoms with Gasteiger partial charge in [-0.15, -0.1) is 0 Å². The van der Waals surface area contributed by atoms with E-state index in [0.717, 1.165) is 6.07 Å². The Bertz CT molecular complexity index is 1080. The molecule has 0 atom stereocenters. The van der Waals surface area contributed by atoms with Gasteiger partial charge in [0.25, 0.3) is 0 Å². The molecule has 0 aliphatic rings. The number of pyridine rings is 1. The summed E-state index contributed by atoms with van der Waals surface area (Å²) in [5, 5.41) is 0.119. The maximum absolute atomic E-state index is 14.0. The van der Waals surface area contributed by atoms with Gasteiger partial charge in [0.2, 0.25) is 16.7 Å². The van der Waals surface area contributed by atoms with E-state index < -0.39 is 22.5 Å². The summed E-state index contributed by atoms with van der Waals surface area (Å²) in [6, 6.07) is 3.76. The van der Waals surface area contributed by atoms with Gasteiger partial charge in [-0.3, -0.25) is 19.7 Å². The van der Waals surface area contributed by atoms with Crippen molar-refractivity contribution in [2.24, 2.45) is 0 Å². The number of aromatic nitrogens is 3. The molecule has 0 spiro atoms. The van der Waals surface area contributed by atoms with Crippen LogP contribution in [0.5, 0.6) is 0 Å². The number of benzene rings is 1. The fourth-order valence-electron chi connectivity index (χ4n) is 2.57. The van der Waals surface area contributed by atoms with Crippen LogP contribution in [0.1, 0.15) is 28.0 Å². The number of fused-ring (bicyclic) bond motifs is 1. The number of thiol groups is 1. The molecule has 0 amide bonds. The lowest BCUT2D eigenvalue weighted by Crippen LogP contribution is -2.13. The molecule has 0 saturated heterocycles. The molecule has 0 bridgehead atoms. The molecule has 27 heavy (non-hydrogen) atoms. The molecule has 3 rings (SSSR count). The molecule has 0 fully saturated rings. The molecule has 0 unspecified atom stereocenters. The van der Waals surface area contributed by atoms with E-state index in [2.05, 4.69) is 19.7 Å². The van der Waals surface area contributed by atoms with Crippen LogP contribution >= 0.6 is 11.6 Å². The molecule has 10 heteroatoms. The minimum atomic E-state index is -2.69. The van der Waals surface area contributed by atoms with Gasteiger partial charge in [-0.2, -0.15) is 0 Å². The quantitative estimate of drug-likeness (QED) is 0.352. The highest BCUT2D eigenvalue weighted by atomic mass is 35.5. The van der Waals surface area contributed by atoms with Crippen molar-refractivity contribution in [3.8, 4) is 0 Å². The molecule has 0 saturated carbocycles. The highest BCUT2D eigenvalue weighted by Gasteiger charge is 2.19. The summed E-state index contributed by atoms with van der Waals surface area (Å²) < 4.78 is 37.3. The largest absolute Gasteiger partial charge is 0.287 e. The molecule has 2 aromatic heterocycles. The second-order valence-electron chi connectivity index (χ2n) is 5.64. The van der Waals surface area contributed by atoms with E-state index in [4.69, 9.17) is 11.6 Å². The average Bonchev–Trinajstić information content (AvgIpc) is 2.66. The zero-order chi connectivity index (χ0) is 19.4. The van der Waals surface area contributed by atoms with E-state index in [0.29, 0.717) is 29.4 Å². The molecular weight excluding hydrogens is 395 g/mol. The van der Waals surface area contributed by atoms with Gasteiger partial charge in [-0.25, -0.2) is 17.5 Å². The molecule has 7 nitrogen and oxygen atoms in total. The monoisotopic (exact) mass is 408 g/mol. The van der Waals surface area contributed by atoms with Gasteiger partial charge in [0.1, 0.15) is 17.0 Å². The van der Waals surface area contributed by atoms with Crippen molar-refractivity contribution in [1.82, 2.24) is 19.7 Å². The van der Waals surface area contributed by atoms with Gasteiger partial charge in [0.15, 0.2) is 0 Å². The van der Waals surface area contributed by atoms with Crippen LogP contribution in [0.2, 0.25) is 5.02 Å². The van der Waals surface area contributed by atoms with E-state index in [1.165, 1.54) is 30.7 Å². The van der Waals surface area contributed by atoms with Crippen LogP contribution in [0.4, 0.5) is 4.39 Å². The smallest absolute Gasteiger partial charge is 0.213 e. The van der Waals surface area contributed by atoms with Crippen molar-refractivity contribution in [2.75, 3.05) is 6.54 Å². The fourth-order valence-corrected chi connectivity index (χ4v) is 3.20. The first-order chi connectivity index (χ1) is 13.0. The van der Waals surface area contributed by atoms with Gasteiger partial charge in [-0.1, -0.05) is 11.6 Å². The molecule has 0 radical (unpaired) electrons. The third-order valence-corrected chi connectivity index (χ3v) is 4.74. The Balaban J connectivity index is 1.89. The van der Waals surface area contributed by atoms with Crippen molar-refractivity contribution in [2.45, 2.75) is 12.8 Å². The zero-order valence-corrected chi connectivity index (χ0v) is 15.5. The summed E-state index contributed by atoms with van der Waals surface area (Å²) in [4.78, 5) is 25.1. The summed E-state index contributed by atoms with van der Waals surface area (Å²) in [5.41, 5.74) is 1.51. The van der Waals surface area contributed by atoms with Gasteiger partial charge >= 0.3 is 0 Å². The van der Waals surface area contributed by atoms with Crippen LogP contribution in [-0.2, 0) is 17.3 Å². The van der Waals surface area contributed by atoms with Crippen molar-refractivity contribution in [3.63, 3.8) is 0 Å². The van der Waals surface area contributed by atoms with E-state index in [1.54, 1.807) is 0 Å². The van der Waals surface area contributed by atoms with Gasteiger partial charge < -0.3 is 0 Å². The Labute approximate surface area is 160 Å². The van der Waals surface area contributed by atoms with E-state index in [9.17, 15) is 17.6 Å². The number of hydrogen-bond donors (Lipinski definition) is 2. The highest BCUT2D eigenvalue weighted by Crippen LogP contribution is 2.26. The normalized spacial score (nSPS) is 11.2. The Kier molecular flexibility index (Phi) is 6.04. The standard InChI is InChI=1S/C17H14ClFN4O3S/c18-16-10(2-1-3-23-27(25)26)6-11(19)7-12(16)17(24)14-8-13-15(9-22-14)21-5-4-20-13/h4-9,27H,1-3H2,(H,23,25,26). The Morgan fingerprint density at radius 3 is 2.59 bits per heavy atom. The number of carbonyl (C=O) groups excluding carboxylic acids is 1. The number of halogens is 2. The molecule has 1 aromatic carbocycles. The summed E-state index contributed by atoms with van der Waals surface area (Å²) in [6.07, 6.45) is 5.14. The van der Waals surface area contributed by atoms with Crippen LogP contribution in [-0.4, -0.2) is 35.7 Å². The van der Waals surface area contributed by atoms with E-state index in [-0.39, 0.29) is 22.8 Å². The molecule has 2 heterocycles. The Hall–Kier alpha value is -2.49. The third-order valence-electron chi connectivity index (χ3n) is 3.81. The third kappa shape index (κ3) is 4.62. The number of nitrogens with one attached hydrogen (secondary N) is 1. The number of rotatable bonds is 7. The van der Waals surface area contributed by atoms with Crippen molar-refractivity contribution in [3.05, 3.63) is 64.5 Å². The van der Waals surface area contributed by atoms with Crippen molar-refractivity contribution >= 4 is 39.3 Å². The van der Waals surface area contributed by atoms with Gasteiger partial charge in [0, 0.05) is 24.5 Å². The first-order valence-corrected chi connectivity index (χ1v) is 9.48. The molecule has 0 aliphatic carbocycles. The van der Waals surface area contributed by atoms with Crippen molar-refractivity contribution < 1.29 is 17.6 Å². The lowest BCUT2D eigenvalue weighted by molar-refractivity contribution is 0.103. The maximum atomic E-state index is 14.0. The number of aryl methyl sites for hydroxylation is 1. The highest BCUT2D eigenvalue weighted by molar-refractivity contribution is 7.70. The van der Waals surface area contributed by atoms with Crippen LogP contribution < -0.4 is 4.72 Å². The topological polar surface area (TPSA) is 102 Å². The van der Waals surface area contributed by atoms with Gasteiger partial charge in [-0.05, 0) is 36.6 Å². The predicted molar refractivity (Wildman–Crippen MR) is 98.8 cm³/mol. The maximum Gasteiger partial charge on any atom is 0.213 e. The second kappa shape index (κ2) is 8.47. The van der Waals surface area contributed by atoms with Gasteiger partial charge in [0.05, 0.1) is 16.7 Å². The number of hydrogen-bond acceptors (Lipinski definition) is 6. The SMILES string of the molecule is O=C(c1cc2nccnc2cn1)c1cc(F)cc(CCCN[SH](=O)=O)c1Cl. The Morgan fingerprint density at radius 2 is 1.85 bits per heavy atom. The first kappa shape index (κ1) is 19.3. The molecule has 0 aliphatic heterocycles. The lowest BCUT2D eigenvalue weighted by atomic mass is 10.0. The zero-order valence-electron chi connectivity index (χ0n) is 13.9. The summed E-state index contributed by atoms with van der Waals surface area (Å²) in [5.74, 6) is -1.14. The van der Waals surface area contributed by atoms with E-state index >= 15 is 0 Å². The minimum Gasteiger partial charge on any atom is -0.287 e. The lowest BCUT2D eigenvalue weighted by Gasteiger charge is -2.10. The first-order valence-electron chi connectivity index (χ1n) is 7.93. The van der Waals surface area contributed by atoms with E-state index in [1.807, 2.05) is 0 Å². The average molecular weight is 409 g/mol. The molecule has 3 aromatic rings. The predicted octanol–water partition coefficient (Wildman–Crippen LogP) is 2.10. The Morgan fingerprint density at radius 1 is 1.11 bits per heavy atom. The van der Waals surface area contributed by atoms with Crippen LogP contribution in [0.25, 0.3) is 11.0 Å². The number of ketones is 1. The van der Waals surface area contributed by atoms with Crippen LogP contribution in [0.3, 0.4) is 0 Å². The van der Waals surface area contributed by atoms with Crippen molar-refractivity contribution in [1.29, 1.82) is 0 Å². The summed E-state index contributed by atoms with van der Waals surface area (Å²) >= 11 is 6.30. The fraction of sp³-hybridized carbons (Fsp3) is 0.176.